The molecule has 0 bridgehead atoms. The molecule has 5 heteroatoms. The van der Waals surface area contributed by atoms with Crippen LogP contribution >= 0.6 is 11.6 Å². The van der Waals surface area contributed by atoms with E-state index >= 15 is 0 Å². The Balaban J connectivity index is 2.30. The average molecular weight is 313 g/mol. The van der Waals surface area contributed by atoms with Crippen LogP contribution in [0.5, 0.6) is 5.75 Å². The minimum atomic E-state index is -0.571. The van der Waals surface area contributed by atoms with Crippen LogP contribution in [0, 0.1) is 11.3 Å². The van der Waals surface area contributed by atoms with E-state index in [0.29, 0.717) is 22.6 Å². The van der Waals surface area contributed by atoms with E-state index < -0.39 is 5.60 Å². The summed E-state index contributed by atoms with van der Waals surface area (Å²) < 4.78 is 7.39. The highest BCUT2D eigenvalue weighted by molar-refractivity contribution is 6.30. The lowest BCUT2D eigenvalue weighted by atomic mass is 9.97. The first-order chi connectivity index (χ1) is 10.4. The summed E-state index contributed by atoms with van der Waals surface area (Å²) in [5.74, 6) is 0.633. The van der Waals surface area contributed by atoms with E-state index in [1.165, 1.54) is 4.57 Å². The van der Waals surface area contributed by atoms with E-state index in [0.717, 1.165) is 0 Å². The SMILES string of the molecule is CC1(C)C=C(n2cccc(Cl)c2=O)c2cc(C#N)ccc2O1. The van der Waals surface area contributed by atoms with E-state index in [9.17, 15) is 4.79 Å². The van der Waals surface area contributed by atoms with Gasteiger partial charge in [-0.25, -0.2) is 0 Å². The summed E-state index contributed by atoms with van der Waals surface area (Å²) in [6.45, 7) is 3.81. The number of rotatable bonds is 1. The van der Waals surface area contributed by atoms with Gasteiger partial charge in [0.15, 0.2) is 0 Å². The molecule has 1 aliphatic rings. The molecule has 4 nitrogen and oxygen atoms in total. The fraction of sp³-hybridized carbons (Fsp3) is 0.176. The Morgan fingerprint density at radius 1 is 1.32 bits per heavy atom. The molecule has 110 valence electrons. The van der Waals surface area contributed by atoms with Crippen LogP contribution in [0.1, 0.15) is 25.0 Å². The first-order valence-corrected chi connectivity index (χ1v) is 7.13. The number of benzene rings is 1. The molecular formula is C17H13ClN2O2. The lowest BCUT2D eigenvalue weighted by Crippen LogP contribution is -2.32. The van der Waals surface area contributed by atoms with Gasteiger partial charge in [0.2, 0.25) is 0 Å². The van der Waals surface area contributed by atoms with Crippen LogP contribution in [0.2, 0.25) is 5.02 Å². The maximum absolute atomic E-state index is 12.3. The number of nitrogens with zero attached hydrogens (tertiary/aromatic N) is 2. The molecule has 1 aromatic carbocycles. The zero-order chi connectivity index (χ0) is 15.9. The van der Waals surface area contributed by atoms with Gasteiger partial charge in [0, 0.05) is 11.8 Å². The number of ether oxygens (including phenoxy) is 1. The quantitative estimate of drug-likeness (QED) is 0.810. The van der Waals surface area contributed by atoms with Crippen LogP contribution in [-0.4, -0.2) is 10.2 Å². The van der Waals surface area contributed by atoms with Gasteiger partial charge >= 0.3 is 0 Å². The van der Waals surface area contributed by atoms with Gasteiger partial charge < -0.3 is 4.74 Å². The van der Waals surface area contributed by atoms with Gasteiger partial charge in [-0.3, -0.25) is 9.36 Å². The third kappa shape index (κ3) is 2.40. The molecule has 2 heterocycles. The molecule has 1 aliphatic heterocycles. The van der Waals surface area contributed by atoms with Crippen molar-refractivity contribution in [3.05, 3.63) is 69.1 Å². The van der Waals surface area contributed by atoms with Gasteiger partial charge in [0.25, 0.3) is 5.56 Å². The largest absolute Gasteiger partial charge is 0.483 e. The van der Waals surface area contributed by atoms with Crippen LogP contribution in [0.15, 0.2) is 47.4 Å². The van der Waals surface area contributed by atoms with Crippen molar-refractivity contribution in [3.63, 3.8) is 0 Å². The Morgan fingerprint density at radius 3 is 2.82 bits per heavy atom. The van der Waals surface area contributed by atoms with Crippen LogP contribution in [0.4, 0.5) is 0 Å². The molecule has 0 N–H and O–H groups in total. The second kappa shape index (κ2) is 5.04. The van der Waals surface area contributed by atoms with Gasteiger partial charge in [-0.05, 0) is 50.3 Å². The van der Waals surface area contributed by atoms with Crippen molar-refractivity contribution in [1.82, 2.24) is 4.57 Å². The van der Waals surface area contributed by atoms with Crippen molar-refractivity contribution >= 4 is 17.3 Å². The van der Waals surface area contributed by atoms with Crippen molar-refractivity contribution in [2.24, 2.45) is 0 Å². The monoisotopic (exact) mass is 312 g/mol. The van der Waals surface area contributed by atoms with Gasteiger partial charge in [-0.1, -0.05) is 11.6 Å². The molecule has 22 heavy (non-hydrogen) atoms. The minimum Gasteiger partial charge on any atom is -0.483 e. The maximum Gasteiger partial charge on any atom is 0.273 e. The summed E-state index contributed by atoms with van der Waals surface area (Å²) in [4.78, 5) is 12.3. The summed E-state index contributed by atoms with van der Waals surface area (Å²) in [5.41, 5.74) is 0.987. The van der Waals surface area contributed by atoms with Gasteiger partial charge in [0.05, 0.1) is 17.3 Å². The summed E-state index contributed by atoms with van der Waals surface area (Å²) in [6.07, 6.45) is 3.51. The van der Waals surface area contributed by atoms with Gasteiger partial charge in [-0.2, -0.15) is 5.26 Å². The molecule has 2 aromatic rings. The molecule has 0 fully saturated rings. The highest BCUT2D eigenvalue weighted by Gasteiger charge is 2.28. The Bertz CT molecular complexity index is 888. The topological polar surface area (TPSA) is 55.0 Å². The first-order valence-electron chi connectivity index (χ1n) is 6.75. The van der Waals surface area contributed by atoms with Crippen LogP contribution in [-0.2, 0) is 0 Å². The predicted octanol–water partition coefficient (Wildman–Crippen LogP) is 3.43. The van der Waals surface area contributed by atoms with Crippen LogP contribution < -0.4 is 10.3 Å². The van der Waals surface area contributed by atoms with Crippen molar-refractivity contribution in [1.29, 1.82) is 5.26 Å². The van der Waals surface area contributed by atoms with Gasteiger partial charge in [-0.15, -0.1) is 0 Å². The second-order valence-electron chi connectivity index (χ2n) is 5.59. The lowest BCUT2D eigenvalue weighted by molar-refractivity contribution is 0.157. The number of halogens is 1. The molecule has 0 spiro atoms. The molecule has 0 atom stereocenters. The normalized spacial score (nSPS) is 15.3. The third-order valence-electron chi connectivity index (χ3n) is 3.40. The Hall–Kier alpha value is -2.51. The van der Waals surface area contributed by atoms with E-state index in [-0.39, 0.29) is 10.6 Å². The smallest absolute Gasteiger partial charge is 0.273 e. The second-order valence-corrected chi connectivity index (χ2v) is 6.00. The fourth-order valence-corrected chi connectivity index (χ4v) is 2.63. The van der Waals surface area contributed by atoms with E-state index in [4.69, 9.17) is 21.6 Å². The Kier molecular flexibility index (Phi) is 3.31. The average Bonchev–Trinajstić information content (AvgIpc) is 2.48. The lowest BCUT2D eigenvalue weighted by Gasteiger charge is -2.31. The number of fused-ring (bicyclic) bond motifs is 1. The zero-order valence-electron chi connectivity index (χ0n) is 12.1. The fourth-order valence-electron chi connectivity index (χ4n) is 2.47. The molecule has 0 saturated heterocycles. The molecule has 0 aliphatic carbocycles. The molecular weight excluding hydrogens is 300 g/mol. The molecule has 0 amide bonds. The van der Waals surface area contributed by atoms with E-state index in [1.54, 1.807) is 36.5 Å². The molecule has 3 rings (SSSR count). The summed E-state index contributed by atoms with van der Waals surface area (Å²) in [7, 11) is 0. The van der Waals surface area contributed by atoms with Crippen LogP contribution in [0.3, 0.4) is 0 Å². The van der Waals surface area contributed by atoms with Crippen molar-refractivity contribution in [2.45, 2.75) is 19.4 Å². The van der Waals surface area contributed by atoms with E-state index in [1.807, 2.05) is 19.9 Å². The standard InChI is InChI=1S/C17H13ClN2O2/c1-17(2)9-14(20-7-3-4-13(18)16(20)21)12-8-11(10-19)5-6-15(12)22-17/h3-9H,1-2H3. The maximum atomic E-state index is 12.3. The van der Waals surface area contributed by atoms with Crippen molar-refractivity contribution in [3.8, 4) is 11.8 Å². The number of aromatic nitrogens is 1. The predicted molar refractivity (Wildman–Crippen MR) is 85.0 cm³/mol. The zero-order valence-corrected chi connectivity index (χ0v) is 12.9. The number of hydrogen-bond donors (Lipinski definition) is 0. The third-order valence-corrected chi connectivity index (χ3v) is 3.69. The molecule has 0 saturated carbocycles. The highest BCUT2D eigenvalue weighted by atomic mass is 35.5. The number of nitriles is 1. The van der Waals surface area contributed by atoms with Crippen LogP contribution in [0.25, 0.3) is 5.70 Å². The van der Waals surface area contributed by atoms with E-state index in [2.05, 4.69) is 6.07 Å². The number of pyridine rings is 1. The van der Waals surface area contributed by atoms with Crippen molar-refractivity contribution in [2.75, 3.05) is 0 Å². The minimum absolute atomic E-state index is 0.144. The van der Waals surface area contributed by atoms with Crippen molar-refractivity contribution < 1.29 is 4.74 Å². The summed E-state index contributed by atoms with van der Waals surface area (Å²) in [5, 5.41) is 9.24. The molecule has 1 aromatic heterocycles. The Morgan fingerprint density at radius 2 is 2.09 bits per heavy atom. The molecule has 0 unspecified atom stereocenters. The summed E-state index contributed by atoms with van der Waals surface area (Å²) >= 11 is 5.95. The van der Waals surface area contributed by atoms with Gasteiger partial charge in [0.1, 0.15) is 16.4 Å². The Labute approximate surface area is 132 Å². The number of hydrogen-bond acceptors (Lipinski definition) is 3. The highest BCUT2D eigenvalue weighted by Crippen LogP contribution is 2.36. The first kappa shape index (κ1) is 14.4. The molecule has 0 radical (unpaired) electrons. The summed E-state index contributed by atoms with van der Waals surface area (Å²) in [6, 6.07) is 10.5.